The summed E-state index contributed by atoms with van der Waals surface area (Å²) in [7, 11) is -4.40. The Labute approximate surface area is 346 Å². The quantitative estimate of drug-likeness (QED) is 0.0231. The SMILES string of the molecule is CCCCCCCCCCCCCCCCCCCCC/C=C/C(O)C(COP(=O)(O)OCCN)NC(=O)CC(O)CCCCCCCCCCCCCCC. The van der Waals surface area contributed by atoms with Gasteiger partial charge in [0.15, 0.2) is 0 Å². The molecule has 0 aliphatic rings. The highest BCUT2D eigenvalue weighted by molar-refractivity contribution is 7.47. The van der Waals surface area contributed by atoms with E-state index in [0.717, 1.165) is 38.5 Å². The number of aliphatic hydroxyl groups is 2. The van der Waals surface area contributed by atoms with Crippen LogP contribution in [0.2, 0.25) is 0 Å². The van der Waals surface area contributed by atoms with Crippen LogP contribution < -0.4 is 11.1 Å². The first-order valence-electron chi connectivity index (χ1n) is 23.9. The third-order valence-corrected chi connectivity index (χ3v) is 11.9. The van der Waals surface area contributed by atoms with Crippen LogP contribution in [0.1, 0.15) is 239 Å². The number of carbonyl (C=O) groups is 1. The maximum atomic E-state index is 12.8. The Bertz CT molecular complexity index is 909. The predicted octanol–water partition coefficient (Wildman–Crippen LogP) is 12.5. The van der Waals surface area contributed by atoms with Crippen LogP contribution >= 0.6 is 7.82 Å². The molecule has 56 heavy (non-hydrogen) atoms. The highest BCUT2D eigenvalue weighted by Gasteiger charge is 2.27. The molecule has 10 heteroatoms. The van der Waals surface area contributed by atoms with Gasteiger partial charge in [0.2, 0.25) is 5.91 Å². The fourth-order valence-corrected chi connectivity index (χ4v) is 8.06. The molecule has 0 saturated heterocycles. The van der Waals surface area contributed by atoms with Gasteiger partial charge < -0.3 is 26.2 Å². The van der Waals surface area contributed by atoms with E-state index < -0.39 is 38.6 Å². The number of amides is 1. The van der Waals surface area contributed by atoms with Crippen molar-refractivity contribution in [2.45, 2.75) is 257 Å². The molecule has 9 nitrogen and oxygen atoms in total. The van der Waals surface area contributed by atoms with Crippen LogP contribution in [0.5, 0.6) is 0 Å². The van der Waals surface area contributed by atoms with Crippen LogP contribution in [-0.2, 0) is 18.4 Å². The van der Waals surface area contributed by atoms with Crippen LogP contribution in [0, 0.1) is 0 Å². The molecule has 0 aromatic carbocycles. The zero-order chi connectivity index (χ0) is 41.2. The second kappa shape index (κ2) is 42.3. The van der Waals surface area contributed by atoms with E-state index in [1.54, 1.807) is 6.08 Å². The van der Waals surface area contributed by atoms with Gasteiger partial charge in [0, 0.05) is 6.54 Å². The van der Waals surface area contributed by atoms with Gasteiger partial charge in [0.1, 0.15) is 0 Å². The van der Waals surface area contributed by atoms with E-state index in [4.69, 9.17) is 14.8 Å². The summed E-state index contributed by atoms with van der Waals surface area (Å²) >= 11 is 0. The van der Waals surface area contributed by atoms with Crippen LogP contribution in [0.15, 0.2) is 12.2 Å². The van der Waals surface area contributed by atoms with Gasteiger partial charge in [-0.1, -0.05) is 225 Å². The molecule has 1 amide bonds. The molecule has 0 aliphatic carbocycles. The van der Waals surface area contributed by atoms with E-state index in [1.165, 1.54) is 173 Å². The van der Waals surface area contributed by atoms with Gasteiger partial charge in [0.25, 0.3) is 0 Å². The van der Waals surface area contributed by atoms with Crippen LogP contribution in [0.4, 0.5) is 0 Å². The number of aliphatic hydroxyl groups excluding tert-OH is 2. The lowest BCUT2D eigenvalue weighted by atomic mass is 10.0. The zero-order valence-corrected chi connectivity index (χ0v) is 37.7. The Morgan fingerprint density at radius 1 is 0.607 bits per heavy atom. The number of phosphoric ester groups is 1. The summed E-state index contributed by atoms with van der Waals surface area (Å²) in [5.41, 5.74) is 5.37. The van der Waals surface area contributed by atoms with Crippen molar-refractivity contribution in [3.8, 4) is 0 Å². The largest absolute Gasteiger partial charge is 0.472 e. The van der Waals surface area contributed by atoms with E-state index in [9.17, 15) is 24.5 Å². The van der Waals surface area contributed by atoms with Crippen molar-refractivity contribution in [3.05, 3.63) is 12.2 Å². The molecule has 0 heterocycles. The molecule has 0 saturated carbocycles. The topological polar surface area (TPSA) is 151 Å². The van der Waals surface area contributed by atoms with Gasteiger partial charge in [-0.25, -0.2) is 4.57 Å². The fourth-order valence-electron chi connectivity index (χ4n) is 7.30. The van der Waals surface area contributed by atoms with Crippen LogP contribution in [0.25, 0.3) is 0 Å². The third-order valence-electron chi connectivity index (χ3n) is 10.9. The first kappa shape index (κ1) is 55.2. The Balaban J connectivity index is 4.22. The van der Waals surface area contributed by atoms with Crippen LogP contribution in [0.3, 0.4) is 0 Å². The van der Waals surface area contributed by atoms with E-state index in [0.29, 0.717) is 6.42 Å². The van der Waals surface area contributed by atoms with Crippen molar-refractivity contribution in [3.63, 3.8) is 0 Å². The monoisotopic (exact) mass is 817 g/mol. The molecule has 0 aromatic rings. The van der Waals surface area contributed by atoms with Crippen molar-refractivity contribution in [1.82, 2.24) is 5.32 Å². The molecule has 0 aromatic heterocycles. The minimum Gasteiger partial charge on any atom is -0.393 e. The average molecular weight is 817 g/mol. The van der Waals surface area contributed by atoms with Crippen molar-refractivity contribution in [1.29, 1.82) is 0 Å². The molecule has 0 bridgehead atoms. The summed E-state index contributed by atoms with van der Waals surface area (Å²) in [5.74, 6) is -0.442. The fraction of sp³-hybridized carbons (Fsp3) is 0.935. The first-order valence-corrected chi connectivity index (χ1v) is 25.4. The smallest absolute Gasteiger partial charge is 0.393 e. The summed E-state index contributed by atoms with van der Waals surface area (Å²) in [6.45, 7) is 4.00. The summed E-state index contributed by atoms with van der Waals surface area (Å²) in [5, 5.41) is 24.1. The Hall–Kier alpha value is -0.800. The van der Waals surface area contributed by atoms with Crippen molar-refractivity contribution < 1.29 is 33.5 Å². The Morgan fingerprint density at radius 3 is 1.38 bits per heavy atom. The minimum atomic E-state index is -4.40. The molecule has 6 N–H and O–H groups in total. The number of hydrogen-bond donors (Lipinski definition) is 5. The Morgan fingerprint density at radius 2 is 0.982 bits per heavy atom. The molecule has 0 aliphatic heterocycles. The van der Waals surface area contributed by atoms with E-state index in [2.05, 4.69) is 19.2 Å². The molecule has 0 spiro atoms. The third kappa shape index (κ3) is 40.0. The Kier molecular flexibility index (Phi) is 41.7. The van der Waals surface area contributed by atoms with Crippen molar-refractivity contribution in [2.75, 3.05) is 19.8 Å². The van der Waals surface area contributed by atoms with Gasteiger partial charge in [-0.05, 0) is 19.3 Å². The molecule has 4 unspecified atom stereocenters. The minimum absolute atomic E-state index is 0.0516. The number of hydrogen-bond acceptors (Lipinski definition) is 7. The van der Waals surface area contributed by atoms with Gasteiger partial charge in [-0.2, -0.15) is 0 Å². The predicted molar refractivity (Wildman–Crippen MR) is 237 cm³/mol. The number of carbonyl (C=O) groups excluding carboxylic acids is 1. The lowest BCUT2D eigenvalue weighted by Gasteiger charge is -2.24. The standard InChI is InChI=1S/C46H93N2O7P/c1-3-5-7-9-11-13-15-17-18-19-20-21-22-23-24-26-28-30-32-34-36-38-45(50)44(42-55-56(52,53)54-40-39-47)48-46(51)41-43(49)37-35-33-31-29-27-25-16-14-12-10-8-6-4-2/h36,38,43-45,49-50H,3-35,37,39-42,47H2,1-2H3,(H,48,51)(H,52,53)/b38-36+. The van der Waals surface area contributed by atoms with Crippen molar-refractivity contribution in [2.24, 2.45) is 5.73 Å². The van der Waals surface area contributed by atoms with E-state index >= 15 is 0 Å². The molecule has 0 radical (unpaired) electrons. The van der Waals surface area contributed by atoms with E-state index in [1.807, 2.05) is 6.08 Å². The van der Waals surface area contributed by atoms with Gasteiger partial charge in [0.05, 0.1) is 37.9 Å². The second-order valence-corrected chi connectivity index (χ2v) is 18.0. The highest BCUT2D eigenvalue weighted by Crippen LogP contribution is 2.43. The molecule has 0 rings (SSSR count). The van der Waals surface area contributed by atoms with Gasteiger partial charge in [-0.15, -0.1) is 0 Å². The summed E-state index contributed by atoms with van der Waals surface area (Å²) in [4.78, 5) is 22.8. The average Bonchev–Trinajstić information content (AvgIpc) is 3.17. The molecular weight excluding hydrogens is 723 g/mol. The number of phosphoric acid groups is 1. The van der Waals surface area contributed by atoms with Crippen molar-refractivity contribution >= 4 is 13.7 Å². The lowest BCUT2D eigenvalue weighted by Crippen LogP contribution is -2.46. The van der Waals surface area contributed by atoms with Gasteiger partial charge in [-0.3, -0.25) is 13.8 Å². The van der Waals surface area contributed by atoms with Gasteiger partial charge >= 0.3 is 7.82 Å². The molecule has 334 valence electrons. The molecule has 0 fully saturated rings. The number of rotatable bonds is 45. The number of nitrogens with one attached hydrogen (secondary N) is 1. The molecular formula is C46H93N2O7P. The first-order chi connectivity index (χ1) is 27.3. The zero-order valence-electron chi connectivity index (χ0n) is 36.8. The summed E-state index contributed by atoms with van der Waals surface area (Å²) < 4.78 is 22.1. The normalized spacial score (nSPS) is 14.6. The number of unbranched alkanes of at least 4 members (excludes halogenated alkanes) is 31. The maximum Gasteiger partial charge on any atom is 0.472 e. The lowest BCUT2D eigenvalue weighted by molar-refractivity contribution is -0.124. The van der Waals surface area contributed by atoms with E-state index in [-0.39, 0.29) is 19.6 Å². The highest BCUT2D eigenvalue weighted by atomic mass is 31.2. The number of allylic oxidation sites excluding steroid dienone is 1. The van der Waals surface area contributed by atoms with Crippen LogP contribution in [-0.4, -0.2) is 59.0 Å². The molecule has 4 atom stereocenters. The summed E-state index contributed by atoms with van der Waals surface area (Å²) in [6.07, 6.45) is 44.4. The second-order valence-electron chi connectivity index (χ2n) is 16.5. The summed E-state index contributed by atoms with van der Waals surface area (Å²) in [6, 6.07) is -0.977. The maximum absolute atomic E-state index is 12.8. The number of nitrogens with two attached hydrogens (primary N) is 1.